The third kappa shape index (κ3) is 2.73. The van der Waals surface area contributed by atoms with Crippen LogP contribution in [0.1, 0.15) is 15.9 Å². The Morgan fingerprint density at radius 1 is 1.11 bits per heavy atom. The first-order valence-corrected chi connectivity index (χ1v) is 5.85. The van der Waals surface area contributed by atoms with Crippen LogP contribution in [0.25, 0.3) is 11.1 Å². The van der Waals surface area contributed by atoms with E-state index in [1.165, 1.54) is 7.11 Å². The summed E-state index contributed by atoms with van der Waals surface area (Å²) >= 11 is 0. The molecule has 19 heavy (non-hydrogen) atoms. The SMILES string of the molecule is COC(=O)c1ccc(-c2ccc(OC)nc2)cc1C. The van der Waals surface area contributed by atoms with Crippen molar-refractivity contribution in [1.82, 2.24) is 4.98 Å². The number of ether oxygens (including phenoxy) is 2. The maximum Gasteiger partial charge on any atom is 0.338 e. The number of rotatable bonds is 3. The van der Waals surface area contributed by atoms with Gasteiger partial charge in [-0.2, -0.15) is 0 Å². The van der Waals surface area contributed by atoms with Crippen LogP contribution in [-0.2, 0) is 4.74 Å². The van der Waals surface area contributed by atoms with Crippen molar-refractivity contribution in [2.45, 2.75) is 6.92 Å². The van der Waals surface area contributed by atoms with Gasteiger partial charge in [0, 0.05) is 17.8 Å². The quantitative estimate of drug-likeness (QED) is 0.793. The molecular weight excluding hydrogens is 242 g/mol. The summed E-state index contributed by atoms with van der Waals surface area (Å²) in [6.45, 7) is 1.88. The van der Waals surface area contributed by atoms with Crippen LogP contribution in [0.2, 0.25) is 0 Å². The van der Waals surface area contributed by atoms with Gasteiger partial charge in [0.25, 0.3) is 0 Å². The van der Waals surface area contributed by atoms with Crippen molar-refractivity contribution in [3.8, 4) is 17.0 Å². The van der Waals surface area contributed by atoms with Crippen molar-refractivity contribution in [3.63, 3.8) is 0 Å². The molecule has 4 nitrogen and oxygen atoms in total. The summed E-state index contributed by atoms with van der Waals surface area (Å²) in [5.41, 5.74) is 3.42. The Kier molecular flexibility index (Phi) is 3.80. The van der Waals surface area contributed by atoms with Crippen LogP contribution in [0, 0.1) is 6.92 Å². The van der Waals surface area contributed by atoms with Crippen LogP contribution in [0.4, 0.5) is 0 Å². The highest BCUT2D eigenvalue weighted by atomic mass is 16.5. The first-order chi connectivity index (χ1) is 9.15. The summed E-state index contributed by atoms with van der Waals surface area (Å²) in [5.74, 6) is 0.253. The van der Waals surface area contributed by atoms with Crippen LogP contribution in [0.15, 0.2) is 36.5 Å². The zero-order chi connectivity index (χ0) is 13.8. The van der Waals surface area contributed by atoms with Gasteiger partial charge in [-0.1, -0.05) is 12.1 Å². The number of aryl methyl sites for hydroxylation is 1. The lowest BCUT2D eigenvalue weighted by Crippen LogP contribution is -2.03. The lowest BCUT2D eigenvalue weighted by molar-refractivity contribution is 0.0600. The number of benzene rings is 1. The van der Waals surface area contributed by atoms with E-state index in [2.05, 4.69) is 4.98 Å². The Morgan fingerprint density at radius 2 is 1.84 bits per heavy atom. The van der Waals surface area contributed by atoms with E-state index < -0.39 is 0 Å². The molecule has 0 amide bonds. The smallest absolute Gasteiger partial charge is 0.338 e. The van der Waals surface area contributed by atoms with Crippen LogP contribution < -0.4 is 4.74 Å². The molecule has 0 aliphatic carbocycles. The van der Waals surface area contributed by atoms with Gasteiger partial charge < -0.3 is 9.47 Å². The lowest BCUT2D eigenvalue weighted by atomic mass is 10.0. The van der Waals surface area contributed by atoms with Crippen LogP contribution >= 0.6 is 0 Å². The van der Waals surface area contributed by atoms with Gasteiger partial charge in [-0.15, -0.1) is 0 Å². The maximum atomic E-state index is 11.5. The van der Waals surface area contributed by atoms with Gasteiger partial charge in [0.2, 0.25) is 5.88 Å². The molecule has 4 heteroatoms. The molecule has 0 spiro atoms. The fraction of sp³-hybridized carbons (Fsp3) is 0.200. The number of carbonyl (C=O) groups is 1. The molecule has 0 radical (unpaired) electrons. The molecule has 2 aromatic rings. The topological polar surface area (TPSA) is 48.4 Å². The van der Waals surface area contributed by atoms with Crippen LogP contribution in [0.3, 0.4) is 0 Å². The molecule has 1 aromatic carbocycles. The Hall–Kier alpha value is -2.36. The van der Waals surface area contributed by atoms with E-state index in [-0.39, 0.29) is 5.97 Å². The summed E-state index contributed by atoms with van der Waals surface area (Å²) in [5, 5.41) is 0. The number of pyridine rings is 1. The van der Waals surface area contributed by atoms with E-state index in [0.717, 1.165) is 16.7 Å². The van der Waals surface area contributed by atoms with E-state index in [0.29, 0.717) is 11.4 Å². The number of esters is 1. The molecule has 0 atom stereocenters. The summed E-state index contributed by atoms with van der Waals surface area (Å²) in [7, 11) is 2.96. The standard InChI is InChI=1S/C15H15NO3/c1-10-8-11(4-6-13(10)15(17)19-3)12-5-7-14(18-2)16-9-12/h4-9H,1-3H3. The highest BCUT2D eigenvalue weighted by molar-refractivity contribution is 5.91. The molecule has 0 fully saturated rings. The van der Waals surface area contributed by atoms with Gasteiger partial charge >= 0.3 is 5.97 Å². The van der Waals surface area contributed by atoms with Gasteiger partial charge in [0.15, 0.2) is 0 Å². The normalized spacial score (nSPS) is 10.1. The van der Waals surface area contributed by atoms with Gasteiger partial charge in [-0.3, -0.25) is 0 Å². The van der Waals surface area contributed by atoms with Gasteiger partial charge in [-0.25, -0.2) is 9.78 Å². The second-order valence-electron chi connectivity index (χ2n) is 4.11. The number of methoxy groups -OCH3 is 2. The average Bonchev–Trinajstić information content (AvgIpc) is 2.46. The van der Waals surface area contributed by atoms with Crippen LogP contribution in [-0.4, -0.2) is 25.2 Å². The summed E-state index contributed by atoms with van der Waals surface area (Å²) in [6, 6.07) is 9.32. The third-order valence-corrected chi connectivity index (χ3v) is 2.91. The van der Waals surface area contributed by atoms with Crippen molar-refractivity contribution >= 4 is 5.97 Å². The second-order valence-corrected chi connectivity index (χ2v) is 4.11. The fourth-order valence-electron chi connectivity index (χ4n) is 1.85. The third-order valence-electron chi connectivity index (χ3n) is 2.91. The van der Waals surface area contributed by atoms with Crippen molar-refractivity contribution < 1.29 is 14.3 Å². The highest BCUT2D eigenvalue weighted by Gasteiger charge is 2.10. The Bertz CT molecular complexity index is 591. The van der Waals surface area contributed by atoms with E-state index >= 15 is 0 Å². The molecule has 0 unspecified atom stereocenters. The Morgan fingerprint density at radius 3 is 2.37 bits per heavy atom. The largest absolute Gasteiger partial charge is 0.481 e. The molecule has 0 saturated carbocycles. The number of hydrogen-bond acceptors (Lipinski definition) is 4. The molecule has 0 bridgehead atoms. The van der Waals surface area contributed by atoms with Crippen LogP contribution in [0.5, 0.6) is 5.88 Å². The molecule has 0 saturated heterocycles. The van der Waals surface area contributed by atoms with Gasteiger partial charge in [-0.05, 0) is 30.2 Å². The molecular formula is C15H15NO3. The molecule has 1 heterocycles. The van der Waals surface area contributed by atoms with Crippen molar-refractivity contribution in [1.29, 1.82) is 0 Å². The van der Waals surface area contributed by atoms with E-state index in [1.54, 1.807) is 25.4 Å². The summed E-state index contributed by atoms with van der Waals surface area (Å²) < 4.78 is 9.75. The Balaban J connectivity index is 2.35. The van der Waals surface area contributed by atoms with E-state index in [1.807, 2.05) is 25.1 Å². The predicted molar refractivity (Wildman–Crippen MR) is 72.3 cm³/mol. The monoisotopic (exact) mass is 257 g/mol. The molecule has 2 rings (SSSR count). The summed E-state index contributed by atoms with van der Waals surface area (Å²) in [6.07, 6.45) is 1.74. The molecule has 0 aliphatic rings. The van der Waals surface area contributed by atoms with Gasteiger partial charge in [0.1, 0.15) is 0 Å². The van der Waals surface area contributed by atoms with Crippen molar-refractivity contribution in [2.75, 3.05) is 14.2 Å². The first kappa shape index (κ1) is 13.1. The van der Waals surface area contributed by atoms with Crippen molar-refractivity contribution in [3.05, 3.63) is 47.7 Å². The minimum atomic E-state index is -0.322. The minimum Gasteiger partial charge on any atom is -0.481 e. The Labute approximate surface area is 112 Å². The lowest BCUT2D eigenvalue weighted by Gasteiger charge is -2.07. The van der Waals surface area contributed by atoms with Crippen molar-refractivity contribution in [2.24, 2.45) is 0 Å². The molecule has 98 valence electrons. The first-order valence-electron chi connectivity index (χ1n) is 5.85. The van der Waals surface area contributed by atoms with Gasteiger partial charge in [0.05, 0.1) is 19.8 Å². The van der Waals surface area contributed by atoms with E-state index in [9.17, 15) is 4.79 Å². The molecule has 1 aromatic heterocycles. The molecule has 0 N–H and O–H groups in total. The minimum absolute atomic E-state index is 0.322. The number of hydrogen-bond donors (Lipinski definition) is 0. The zero-order valence-electron chi connectivity index (χ0n) is 11.1. The summed E-state index contributed by atoms with van der Waals surface area (Å²) in [4.78, 5) is 15.7. The molecule has 0 aliphatic heterocycles. The number of aromatic nitrogens is 1. The second kappa shape index (κ2) is 5.52. The number of carbonyl (C=O) groups excluding carboxylic acids is 1. The average molecular weight is 257 g/mol. The van der Waals surface area contributed by atoms with E-state index in [4.69, 9.17) is 9.47 Å². The number of nitrogens with zero attached hydrogens (tertiary/aromatic N) is 1. The highest BCUT2D eigenvalue weighted by Crippen LogP contribution is 2.23. The maximum absolute atomic E-state index is 11.5. The predicted octanol–water partition coefficient (Wildman–Crippen LogP) is 2.85. The fourth-order valence-corrected chi connectivity index (χ4v) is 1.85. The zero-order valence-corrected chi connectivity index (χ0v) is 11.1.